The molecule has 4 nitrogen and oxygen atoms in total. The van der Waals surface area contributed by atoms with Gasteiger partial charge in [0.05, 0.1) is 0 Å². The average Bonchev–Trinajstić information content (AvgIpc) is 3.63. The molecule has 0 N–H and O–H groups in total. The summed E-state index contributed by atoms with van der Waals surface area (Å²) in [6.07, 6.45) is 0. The second kappa shape index (κ2) is 10.0. The van der Waals surface area contributed by atoms with Gasteiger partial charge in [0.25, 0.3) is 0 Å². The molecule has 0 spiro atoms. The number of nitrogens with zero attached hydrogens (tertiary/aromatic N) is 4. The predicted molar refractivity (Wildman–Crippen MR) is 235 cm³/mol. The van der Waals surface area contributed by atoms with E-state index in [2.05, 4.69) is 165 Å². The summed E-state index contributed by atoms with van der Waals surface area (Å²) in [5.41, 5.74) is 22.3. The minimum atomic E-state index is 0.110. The van der Waals surface area contributed by atoms with Gasteiger partial charge in [-0.15, -0.1) is 0 Å². The van der Waals surface area contributed by atoms with Crippen molar-refractivity contribution in [1.82, 2.24) is 0 Å². The van der Waals surface area contributed by atoms with Gasteiger partial charge in [-0.1, -0.05) is 0 Å². The molecule has 0 saturated carbocycles. The Morgan fingerprint density at radius 2 is 0.691 bits per heavy atom. The van der Waals surface area contributed by atoms with E-state index in [1.807, 2.05) is 0 Å². The van der Waals surface area contributed by atoms with Gasteiger partial charge in [-0.2, -0.15) is 0 Å². The molecule has 0 amide bonds. The molecule has 252 valence electrons. The van der Waals surface area contributed by atoms with Crippen molar-refractivity contribution in [3.8, 4) is 0 Å². The number of benzene rings is 7. The SMILES string of the molecule is c1ccc2c(c1)[Se]c1ccc3c4c1N2c1ccccc1B4c1[se]c2c4c1N3c1ccccc1N4c1ccc3c4c1B2c1ccccc1N4c1ccccc1[Se]3. The Kier molecular flexibility index (Phi) is 5.32. The first kappa shape index (κ1) is 29.2. The van der Waals surface area contributed by atoms with Crippen LogP contribution in [0.25, 0.3) is 0 Å². The van der Waals surface area contributed by atoms with Gasteiger partial charge in [-0.3, -0.25) is 0 Å². The zero-order chi connectivity index (χ0) is 35.3. The monoisotopic (exact) mass is 894 g/mol. The molecular formula is C46H24B2N4Se3. The van der Waals surface area contributed by atoms with Crippen molar-refractivity contribution in [3.05, 3.63) is 146 Å². The van der Waals surface area contributed by atoms with E-state index >= 15 is 0 Å². The van der Waals surface area contributed by atoms with Crippen LogP contribution in [0.4, 0.5) is 68.2 Å². The van der Waals surface area contributed by atoms with Gasteiger partial charge in [0.1, 0.15) is 0 Å². The molecule has 7 aliphatic rings. The van der Waals surface area contributed by atoms with Gasteiger partial charge in [0.2, 0.25) is 0 Å². The Bertz CT molecular complexity index is 2930. The number of para-hydroxylation sites is 6. The Morgan fingerprint density at radius 1 is 0.309 bits per heavy atom. The van der Waals surface area contributed by atoms with E-state index in [-0.39, 0.29) is 57.8 Å². The van der Waals surface area contributed by atoms with Crippen LogP contribution < -0.4 is 68.0 Å². The van der Waals surface area contributed by atoms with Gasteiger partial charge in [-0.05, 0) is 0 Å². The van der Waals surface area contributed by atoms with Crippen LogP contribution in [0.15, 0.2) is 146 Å². The number of hydrogen-bond donors (Lipinski definition) is 0. The molecule has 8 aromatic rings. The van der Waals surface area contributed by atoms with Crippen molar-refractivity contribution in [2.24, 2.45) is 0 Å². The number of fused-ring (bicyclic) bond motifs is 17. The second-order valence-corrected chi connectivity index (χ2v) is 22.0. The van der Waals surface area contributed by atoms with Crippen LogP contribution in [0.2, 0.25) is 0 Å². The average molecular weight is 891 g/mol. The van der Waals surface area contributed by atoms with Gasteiger partial charge in [0.15, 0.2) is 0 Å². The summed E-state index contributed by atoms with van der Waals surface area (Å²) in [6.45, 7) is 0.426. The van der Waals surface area contributed by atoms with Crippen molar-refractivity contribution in [2.45, 2.75) is 0 Å². The maximum absolute atomic E-state index is 2.70. The van der Waals surface area contributed by atoms with Crippen LogP contribution in [0, 0.1) is 0 Å². The molecule has 0 fully saturated rings. The Balaban J connectivity index is 1.07. The molecule has 0 bridgehead atoms. The van der Waals surface area contributed by atoms with Crippen molar-refractivity contribution < 1.29 is 0 Å². The molecule has 0 aliphatic carbocycles. The summed E-state index contributed by atoms with van der Waals surface area (Å²) < 4.78 is 9.14. The zero-order valence-electron chi connectivity index (χ0n) is 29.0. The molecule has 8 heterocycles. The summed E-state index contributed by atoms with van der Waals surface area (Å²) in [6, 6.07) is 56.0. The Labute approximate surface area is 337 Å². The molecule has 1 aromatic heterocycles. The standard InChI is InChI=1S/C46H24B2N4Se3/c1-3-13-27-25(11-1)47-39-33(21-23-37-41(39)49(27)31-17-7-9-19-35(31)53-37)51-29-15-5-6-16-30(29)52-34-22-24-38-42-40(34)48(46-44(52)43(51)45(47)55-46)26-12-2-4-14-28(26)50(42)32-18-8-10-20-36(32)54-38/h1-24H. The fourth-order valence-electron chi connectivity index (χ4n) is 10.8. The first-order chi connectivity index (χ1) is 27.3. The number of anilines is 12. The topological polar surface area (TPSA) is 13.0 Å². The van der Waals surface area contributed by atoms with Crippen LogP contribution >= 0.6 is 0 Å². The summed E-state index contributed by atoms with van der Waals surface area (Å²) >= 11 is 0.576. The van der Waals surface area contributed by atoms with Crippen LogP contribution in [-0.4, -0.2) is 57.8 Å². The number of rotatable bonds is 0. The van der Waals surface area contributed by atoms with E-state index in [1.54, 1.807) is 8.67 Å². The van der Waals surface area contributed by atoms with E-state index in [0.717, 1.165) is 0 Å². The van der Waals surface area contributed by atoms with Gasteiger partial charge >= 0.3 is 340 Å². The van der Waals surface area contributed by atoms with E-state index < -0.39 is 0 Å². The molecule has 0 atom stereocenters. The molecular weight excluding hydrogens is 867 g/mol. The van der Waals surface area contributed by atoms with Gasteiger partial charge in [-0.25, -0.2) is 0 Å². The predicted octanol–water partition coefficient (Wildman–Crippen LogP) is 3.16. The molecule has 15 rings (SSSR count). The molecule has 0 unspecified atom stereocenters. The third-order valence-electron chi connectivity index (χ3n) is 12.7. The summed E-state index contributed by atoms with van der Waals surface area (Å²) in [4.78, 5) is 10.6. The summed E-state index contributed by atoms with van der Waals surface area (Å²) in [5, 5.41) is 0. The van der Waals surface area contributed by atoms with Crippen LogP contribution in [0.3, 0.4) is 0 Å². The Morgan fingerprint density at radius 3 is 1.16 bits per heavy atom. The van der Waals surface area contributed by atoms with Crippen molar-refractivity contribution >= 4 is 174 Å². The molecule has 7 aliphatic heterocycles. The third-order valence-corrected chi connectivity index (χ3v) is 20.1. The first-order valence-corrected chi connectivity index (χ1v) is 24.0. The number of hydrogen-bond acceptors (Lipinski definition) is 4. The van der Waals surface area contributed by atoms with E-state index in [9.17, 15) is 0 Å². The summed E-state index contributed by atoms with van der Waals surface area (Å²) in [5.74, 6) is 0. The molecule has 0 saturated heterocycles. The zero-order valence-corrected chi connectivity index (χ0v) is 34.2. The quantitative estimate of drug-likeness (QED) is 0.217. The van der Waals surface area contributed by atoms with Gasteiger partial charge < -0.3 is 0 Å². The third kappa shape index (κ3) is 3.32. The first-order valence-electron chi connectivity index (χ1n) is 18.8. The van der Waals surface area contributed by atoms with Crippen molar-refractivity contribution in [1.29, 1.82) is 0 Å². The van der Waals surface area contributed by atoms with Crippen LogP contribution in [-0.2, 0) is 0 Å². The van der Waals surface area contributed by atoms with Gasteiger partial charge in [0, 0.05) is 0 Å². The molecule has 7 aromatic carbocycles. The molecule has 9 heteroatoms. The Hall–Kier alpha value is -5.09. The van der Waals surface area contributed by atoms with E-state index in [1.165, 1.54) is 108 Å². The summed E-state index contributed by atoms with van der Waals surface area (Å²) in [7, 11) is 0. The fourth-order valence-corrected chi connectivity index (χ4v) is 18.5. The maximum atomic E-state index is 2.70. The minimum absolute atomic E-state index is 0.110. The van der Waals surface area contributed by atoms with Crippen molar-refractivity contribution in [2.75, 3.05) is 19.6 Å². The van der Waals surface area contributed by atoms with Crippen LogP contribution in [0.1, 0.15) is 0 Å². The van der Waals surface area contributed by atoms with Crippen molar-refractivity contribution in [3.63, 3.8) is 0 Å². The van der Waals surface area contributed by atoms with E-state index in [4.69, 9.17) is 0 Å². The fraction of sp³-hybridized carbons (Fsp3) is 0. The molecule has 55 heavy (non-hydrogen) atoms. The van der Waals surface area contributed by atoms with Crippen LogP contribution in [0.5, 0.6) is 0 Å². The van der Waals surface area contributed by atoms with E-state index in [0.29, 0.717) is 0 Å². The molecule has 0 radical (unpaired) electrons. The normalized spacial score (nSPS) is 15.6. The second-order valence-electron chi connectivity index (χ2n) is 15.2.